The van der Waals surface area contributed by atoms with E-state index in [1.807, 2.05) is 11.5 Å². The minimum Gasteiger partial charge on any atom is -0.344 e. The summed E-state index contributed by atoms with van der Waals surface area (Å²) in [5.41, 5.74) is 1.38. The number of rotatable bonds is 6. The van der Waals surface area contributed by atoms with E-state index in [2.05, 4.69) is 0 Å². The van der Waals surface area contributed by atoms with Gasteiger partial charge < -0.3 is 9.13 Å². The molecule has 0 spiro atoms. The average Bonchev–Trinajstić information content (AvgIpc) is 3.43. The summed E-state index contributed by atoms with van der Waals surface area (Å²) in [6, 6.07) is 3.95. The molecule has 2 aromatic heterocycles. The molecule has 0 aromatic carbocycles. The standard InChI is InChI=1S/C21H27N3O6S2/c1-15-11-19(16(2)24(15)17-7-10-31(27,28)14-17)20(25)13-22-12-18(5-6-21(22)26)32(29,30)23-8-3-4-9-23/h5-6,11-12,17H,3-4,7-10,13-14H2,1-2H3/t17-/m1/s1. The second-order valence-electron chi connectivity index (χ2n) is 8.58. The van der Waals surface area contributed by atoms with Crippen LogP contribution >= 0.6 is 0 Å². The van der Waals surface area contributed by atoms with Crippen LogP contribution in [0.2, 0.25) is 0 Å². The summed E-state index contributed by atoms with van der Waals surface area (Å²) < 4.78 is 53.8. The van der Waals surface area contributed by atoms with Gasteiger partial charge in [0, 0.05) is 48.3 Å². The Kier molecular flexibility index (Phi) is 5.93. The SMILES string of the molecule is Cc1cc(C(=O)Cn2cc(S(=O)(=O)N3CCCC3)ccc2=O)c(C)n1[C@@H]1CCS(=O)(=O)C1. The molecule has 2 aliphatic heterocycles. The Bertz CT molecular complexity index is 1330. The summed E-state index contributed by atoms with van der Waals surface area (Å²) in [6.45, 7) is 4.19. The molecule has 9 nitrogen and oxygen atoms in total. The van der Waals surface area contributed by atoms with Gasteiger partial charge in [-0.3, -0.25) is 9.59 Å². The monoisotopic (exact) mass is 481 g/mol. The van der Waals surface area contributed by atoms with Crippen molar-refractivity contribution < 1.29 is 21.6 Å². The molecule has 4 rings (SSSR count). The normalized spacial score (nSPS) is 21.2. The number of carbonyl (C=O) groups is 1. The van der Waals surface area contributed by atoms with Crippen molar-refractivity contribution in [1.82, 2.24) is 13.4 Å². The molecule has 32 heavy (non-hydrogen) atoms. The fourth-order valence-corrected chi connectivity index (χ4v) is 7.94. The smallest absolute Gasteiger partial charge is 0.251 e. The molecule has 4 heterocycles. The van der Waals surface area contributed by atoms with Gasteiger partial charge in [-0.25, -0.2) is 16.8 Å². The molecule has 0 N–H and O–H groups in total. The van der Waals surface area contributed by atoms with Crippen LogP contribution in [0.5, 0.6) is 0 Å². The van der Waals surface area contributed by atoms with Gasteiger partial charge in [0.2, 0.25) is 10.0 Å². The lowest BCUT2D eigenvalue weighted by atomic mass is 10.1. The zero-order valence-corrected chi connectivity index (χ0v) is 19.8. The number of nitrogens with zero attached hydrogens (tertiary/aromatic N) is 3. The maximum absolute atomic E-state index is 13.1. The van der Waals surface area contributed by atoms with Crippen LogP contribution in [0, 0.1) is 13.8 Å². The summed E-state index contributed by atoms with van der Waals surface area (Å²) >= 11 is 0. The number of hydrogen-bond acceptors (Lipinski definition) is 6. The summed E-state index contributed by atoms with van der Waals surface area (Å²) in [4.78, 5) is 25.4. The van der Waals surface area contributed by atoms with E-state index in [-0.39, 0.29) is 34.8 Å². The first kappa shape index (κ1) is 22.9. The van der Waals surface area contributed by atoms with Crippen LogP contribution in [-0.4, -0.2) is 60.7 Å². The largest absolute Gasteiger partial charge is 0.344 e. The third-order valence-corrected chi connectivity index (χ3v) is 9.96. The van der Waals surface area contributed by atoms with Crippen LogP contribution in [-0.2, 0) is 26.4 Å². The van der Waals surface area contributed by atoms with E-state index < -0.39 is 25.4 Å². The van der Waals surface area contributed by atoms with Crippen molar-refractivity contribution in [1.29, 1.82) is 0 Å². The van der Waals surface area contributed by atoms with Crippen LogP contribution in [0.25, 0.3) is 0 Å². The number of carbonyl (C=O) groups excluding carboxylic acids is 1. The van der Waals surface area contributed by atoms with E-state index in [1.54, 1.807) is 13.0 Å². The van der Waals surface area contributed by atoms with Crippen LogP contribution < -0.4 is 5.56 Å². The predicted octanol–water partition coefficient (Wildman–Crippen LogP) is 1.29. The van der Waals surface area contributed by atoms with Gasteiger partial charge in [-0.1, -0.05) is 0 Å². The molecule has 11 heteroatoms. The Morgan fingerprint density at radius 1 is 1.16 bits per heavy atom. The summed E-state index contributed by atoms with van der Waals surface area (Å²) in [5.74, 6) is -0.151. The van der Waals surface area contributed by atoms with Crippen molar-refractivity contribution in [3.8, 4) is 0 Å². The molecule has 0 radical (unpaired) electrons. The Labute approximate surface area is 187 Å². The van der Waals surface area contributed by atoms with Crippen molar-refractivity contribution in [2.45, 2.75) is 50.6 Å². The molecule has 0 bridgehead atoms. The van der Waals surface area contributed by atoms with E-state index in [0.29, 0.717) is 30.8 Å². The van der Waals surface area contributed by atoms with Gasteiger partial charge in [0.15, 0.2) is 15.6 Å². The fraction of sp³-hybridized carbons (Fsp3) is 0.524. The van der Waals surface area contributed by atoms with Crippen LogP contribution in [0.15, 0.2) is 34.1 Å². The lowest BCUT2D eigenvalue weighted by molar-refractivity contribution is 0.0969. The number of pyridine rings is 1. The van der Waals surface area contributed by atoms with Crippen molar-refractivity contribution in [2.24, 2.45) is 0 Å². The summed E-state index contributed by atoms with van der Waals surface area (Å²) in [6.07, 6.45) is 3.34. The van der Waals surface area contributed by atoms with E-state index in [0.717, 1.165) is 23.1 Å². The fourth-order valence-electron chi connectivity index (χ4n) is 4.70. The number of aromatic nitrogens is 2. The van der Waals surface area contributed by atoms with E-state index in [9.17, 15) is 26.4 Å². The number of sulfone groups is 1. The van der Waals surface area contributed by atoms with Gasteiger partial charge in [0.05, 0.1) is 22.9 Å². The number of Topliss-reactive ketones (excluding diaryl/α,β-unsaturated/α-hetero) is 1. The zero-order valence-electron chi connectivity index (χ0n) is 18.2. The van der Waals surface area contributed by atoms with Gasteiger partial charge in [0.1, 0.15) is 0 Å². The Morgan fingerprint density at radius 3 is 2.47 bits per heavy atom. The van der Waals surface area contributed by atoms with Crippen molar-refractivity contribution in [2.75, 3.05) is 24.6 Å². The maximum atomic E-state index is 13.1. The zero-order chi connectivity index (χ0) is 23.3. The molecule has 0 amide bonds. The second-order valence-corrected chi connectivity index (χ2v) is 12.7. The highest BCUT2D eigenvalue weighted by Crippen LogP contribution is 2.29. The van der Waals surface area contributed by atoms with E-state index >= 15 is 0 Å². The molecule has 2 fully saturated rings. The third-order valence-electron chi connectivity index (χ3n) is 6.33. The first-order chi connectivity index (χ1) is 15.0. The van der Waals surface area contributed by atoms with Gasteiger partial charge in [-0.15, -0.1) is 0 Å². The van der Waals surface area contributed by atoms with Crippen LogP contribution in [0.4, 0.5) is 0 Å². The molecule has 2 aliphatic rings. The summed E-state index contributed by atoms with van der Waals surface area (Å²) in [7, 11) is -6.79. The average molecular weight is 482 g/mol. The molecule has 2 aromatic rings. The number of sulfonamides is 1. The van der Waals surface area contributed by atoms with Crippen molar-refractivity contribution in [3.05, 3.63) is 51.7 Å². The van der Waals surface area contributed by atoms with E-state index in [1.165, 1.54) is 22.6 Å². The number of aryl methyl sites for hydroxylation is 1. The summed E-state index contributed by atoms with van der Waals surface area (Å²) in [5, 5.41) is 0. The molecular weight excluding hydrogens is 454 g/mol. The van der Waals surface area contributed by atoms with Gasteiger partial charge >= 0.3 is 0 Å². The second kappa shape index (κ2) is 8.27. The van der Waals surface area contributed by atoms with Gasteiger partial charge in [0.25, 0.3) is 5.56 Å². The molecule has 2 saturated heterocycles. The first-order valence-corrected chi connectivity index (χ1v) is 13.9. The highest BCUT2D eigenvalue weighted by Gasteiger charge is 2.32. The lowest BCUT2D eigenvalue weighted by Gasteiger charge is -2.17. The Balaban J connectivity index is 1.61. The predicted molar refractivity (Wildman–Crippen MR) is 119 cm³/mol. The lowest BCUT2D eigenvalue weighted by Crippen LogP contribution is -2.30. The molecule has 0 unspecified atom stereocenters. The molecular formula is C21H27N3O6S2. The van der Waals surface area contributed by atoms with Gasteiger partial charge in [-0.05, 0) is 45.2 Å². The topological polar surface area (TPSA) is 116 Å². The van der Waals surface area contributed by atoms with Gasteiger partial charge in [-0.2, -0.15) is 4.31 Å². The quantitative estimate of drug-likeness (QED) is 0.574. The molecule has 1 atom stereocenters. The van der Waals surface area contributed by atoms with E-state index in [4.69, 9.17) is 0 Å². The number of ketones is 1. The molecule has 0 saturated carbocycles. The molecule has 0 aliphatic carbocycles. The van der Waals surface area contributed by atoms with Crippen molar-refractivity contribution in [3.63, 3.8) is 0 Å². The van der Waals surface area contributed by atoms with Crippen LogP contribution in [0.3, 0.4) is 0 Å². The third kappa shape index (κ3) is 4.20. The minimum atomic E-state index is -3.71. The minimum absolute atomic E-state index is 0.00608. The van der Waals surface area contributed by atoms with Crippen molar-refractivity contribution >= 4 is 25.6 Å². The highest BCUT2D eigenvalue weighted by atomic mass is 32.2. The Hall–Kier alpha value is -2.24. The highest BCUT2D eigenvalue weighted by molar-refractivity contribution is 7.91. The first-order valence-electron chi connectivity index (χ1n) is 10.6. The van der Waals surface area contributed by atoms with Crippen LogP contribution in [0.1, 0.15) is 47.1 Å². The Morgan fingerprint density at radius 2 is 1.84 bits per heavy atom. The maximum Gasteiger partial charge on any atom is 0.251 e. The number of hydrogen-bond donors (Lipinski definition) is 0. The molecule has 174 valence electrons.